The lowest BCUT2D eigenvalue weighted by atomic mass is 9.98. The number of fused-ring (bicyclic) bond motifs is 1. The Morgan fingerprint density at radius 1 is 1.25 bits per heavy atom. The standard InChI is InChI=1S/C17H21F3N2O2/c18-17(19,20)15(23)11-22-10-12(13-4-1-2-5-14(13)22)7-9-21-8-3-6-16(21)24/h1-2,4-5,12,15,23H,3,6-11H2. The Hall–Kier alpha value is -1.76. The van der Waals surface area contributed by atoms with Crippen LogP contribution in [0.4, 0.5) is 18.9 Å². The van der Waals surface area contributed by atoms with Crippen LogP contribution in [-0.4, -0.2) is 54.4 Å². The number of hydrogen-bond acceptors (Lipinski definition) is 3. The van der Waals surface area contributed by atoms with Crippen LogP contribution in [0.2, 0.25) is 0 Å². The Morgan fingerprint density at radius 2 is 2.00 bits per heavy atom. The van der Waals surface area contributed by atoms with Crippen molar-refractivity contribution in [1.29, 1.82) is 0 Å². The smallest absolute Gasteiger partial charge is 0.382 e. The maximum absolute atomic E-state index is 12.7. The van der Waals surface area contributed by atoms with Crippen LogP contribution in [-0.2, 0) is 4.79 Å². The van der Waals surface area contributed by atoms with Gasteiger partial charge in [0.05, 0.1) is 6.54 Å². The lowest BCUT2D eigenvalue weighted by molar-refractivity contribution is -0.200. The van der Waals surface area contributed by atoms with Gasteiger partial charge in [-0.1, -0.05) is 18.2 Å². The number of rotatable bonds is 5. The lowest BCUT2D eigenvalue weighted by Gasteiger charge is -2.25. The summed E-state index contributed by atoms with van der Waals surface area (Å²) in [5, 5.41) is 9.38. The van der Waals surface area contributed by atoms with Crippen molar-refractivity contribution in [2.75, 3.05) is 31.1 Å². The molecule has 1 N–H and O–H groups in total. The van der Waals surface area contributed by atoms with Crippen LogP contribution < -0.4 is 4.90 Å². The summed E-state index contributed by atoms with van der Waals surface area (Å²) in [5.74, 6) is 0.237. The second-order valence-electron chi connectivity index (χ2n) is 6.49. The number of carbonyl (C=O) groups is 1. The van der Waals surface area contributed by atoms with Crippen LogP contribution in [0.3, 0.4) is 0 Å². The quantitative estimate of drug-likeness (QED) is 0.894. The monoisotopic (exact) mass is 342 g/mol. The molecular formula is C17H21F3N2O2. The number of alkyl halides is 3. The fraction of sp³-hybridized carbons (Fsp3) is 0.588. The third-order valence-electron chi connectivity index (χ3n) is 4.85. The highest BCUT2D eigenvalue weighted by atomic mass is 19.4. The first kappa shape index (κ1) is 17.1. The zero-order valence-corrected chi connectivity index (χ0v) is 13.3. The van der Waals surface area contributed by atoms with Gasteiger partial charge in [0.1, 0.15) is 0 Å². The van der Waals surface area contributed by atoms with Crippen molar-refractivity contribution in [3.8, 4) is 0 Å². The molecule has 0 bridgehead atoms. The topological polar surface area (TPSA) is 43.8 Å². The van der Waals surface area contributed by atoms with Crippen molar-refractivity contribution < 1.29 is 23.1 Å². The predicted octanol–water partition coefficient (Wildman–Crippen LogP) is 2.53. The number of anilines is 1. The van der Waals surface area contributed by atoms with E-state index < -0.39 is 18.8 Å². The fourth-order valence-corrected chi connectivity index (χ4v) is 3.57. The SMILES string of the molecule is O=C1CCCN1CCC1CN(CC(O)C(F)(F)F)c2ccccc21. The highest BCUT2D eigenvalue weighted by molar-refractivity contribution is 5.78. The molecule has 2 aliphatic heterocycles. The highest BCUT2D eigenvalue weighted by Crippen LogP contribution is 2.39. The van der Waals surface area contributed by atoms with E-state index in [1.807, 2.05) is 17.0 Å². The summed E-state index contributed by atoms with van der Waals surface area (Å²) in [6, 6.07) is 7.37. The molecule has 0 saturated carbocycles. The maximum Gasteiger partial charge on any atom is 0.416 e. The van der Waals surface area contributed by atoms with Crippen LogP contribution >= 0.6 is 0 Å². The molecule has 1 amide bonds. The number of hydrogen-bond donors (Lipinski definition) is 1. The Morgan fingerprint density at radius 3 is 2.67 bits per heavy atom. The van der Waals surface area contributed by atoms with Gasteiger partial charge in [0.25, 0.3) is 0 Å². The number of aliphatic hydroxyl groups excluding tert-OH is 1. The zero-order chi connectivity index (χ0) is 17.3. The molecule has 2 heterocycles. The number of carbonyl (C=O) groups excluding carboxylic acids is 1. The summed E-state index contributed by atoms with van der Waals surface area (Å²) in [6.07, 6.45) is -4.78. The van der Waals surface area contributed by atoms with Crippen molar-refractivity contribution in [1.82, 2.24) is 4.90 Å². The van der Waals surface area contributed by atoms with Gasteiger partial charge < -0.3 is 14.9 Å². The van der Waals surface area contributed by atoms with E-state index in [4.69, 9.17) is 0 Å². The third kappa shape index (κ3) is 3.50. The van der Waals surface area contributed by atoms with Gasteiger partial charge in [-0.15, -0.1) is 0 Å². The molecule has 0 aliphatic carbocycles. The maximum atomic E-state index is 12.7. The van der Waals surface area contributed by atoms with E-state index >= 15 is 0 Å². The predicted molar refractivity (Wildman–Crippen MR) is 83.9 cm³/mol. The molecule has 1 aromatic carbocycles. The van der Waals surface area contributed by atoms with Gasteiger partial charge in [-0.3, -0.25) is 4.79 Å². The summed E-state index contributed by atoms with van der Waals surface area (Å²) in [7, 11) is 0. The van der Waals surface area contributed by atoms with Gasteiger partial charge >= 0.3 is 6.18 Å². The van der Waals surface area contributed by atoms with Crippen LogP contribution in [0.1, 0.15) is 30.7 Å². The molecule has 0 spiro atoms. The Labute approximate surface area is 138 Å². The summed E-state index contributed by atoms with van der Waals surface area (Å²) in [6.45, 7) is 1.38. The van der Waals surface area contributed by atoms with Gasteiger partial charge in [-0.2, -0.15) is 13.2 Å². The second kappa shape index (κ2) is 6.63. The molecule has 4 nitrogen and oxygen atoms in total. The summed E-state index contributed by atoms with van der Waals surface area (Å²) in [5.41, 5.74) is 1.75. The average Bonchev–Trinajstić information content (AvgIpc) is 3.09. The van der Waals surface area contributed by atoms with E-state index in [0.717, 1.165) is 30.6 Å². The molecule has 2 atom stereocenters. The number of aliphatic hydroxyl groups is 1. The van der Waals surface area contributed by atoms with Gasteiger partial charge in [0.15, 0.2) is 6.10 Å². The van der Waals surface area contributed by atoms with Crippen LogP contribution in [0.15, 0.2) is 24.3 Å². The molecule has 7 heteroatoms. The van der Waals surface area contributed by atoms with Crippen molar-refractivity contribution in [3.05, 3.63) is 29.8 Å². The third-order valence-corrected chi connectivity index (χ3v) is 4.85. The van der Waals surface area contributed by atoms with Crippen molar-refractivity contribution >= 4 is 11.6 Å². The van der Waals surface area contributed by atoms with Gasteiger partial charge in [-0.05, 0) is 24.5 Å². The molecule has 2 aliphatic rings. The first-order chi connectivity index (χ1) is 11.4. The Bertz CT molecular complexity index is 606. The molecule has 0 radical (unpaired) electrons. The summed E-state index contributed by atoms with van der Waals surface area (Å²) < 4.78 is 38.0. The van der Waals surface area contributed by atoms with Gasteiger partial charge in [0.2, 0.25) is 5.91 Å². The van der Waals surface area contributed by atoms with E-state index in [1.54, 1.807) is 17.0 Å². The molecule has 1 saturated heterocycles. The van der Waals surface area contributed by atoms with Crippen molar-refractivity contribution in [2.24, 2.45) is 0 Å². The van der Waals surface area contributed by atoms with Gasteiger partial charge in [-0.25, -0.2) is 0 Å². The number of benzene rings is 1. The second-order valence-corrected chi connectivity index (χ2v) is 6.49. The Kier molecular flexibility index (Phi) is 4.71. The fourth-order valence-electron chi connectivity index (χ4n) is 3.57. The molecule has 3 rings (SSSR count). The van der Waals surface area contributed by atoms with E-state index in [2.05, 4.69) is 0 Å². The van der Waals surface area contributed by atoms with E-state index in [-0.39, 0.29) is 11.8 Å². The van der Waals surface area contributed by atoms with Crippen LogP contribution in [0.25, 0.3) is 0 Å². The van der Waals surface area contributed by atoms with Crippen molar-refractivity contribution in [3.63, 3.8) is 0 Å². The van der Waals surface area contributed by atoms with E-state index in [0.29, 0.717) is 19.5 Å². The van der Waals surface area contributed by atoms with E-state index in [1.165, 1.54) is 0 Å². The average molecular weight is 342 g/mol. The first-order valence-corrected chi connectivity index (χ1v) is 8.22. The molecule has 0 aromatic heterocycles. The summed E-state index contributed by atoms with van der Waals surface area (Å²) in [4.78, 5) is 15.1. The number of nitrogens with zero attached hydrogens (tertiary/aromatic N) is 2. The first-order valence-electron chi connectivity index (χ1n) is 8.22. The number of β-amino-alcohol motifs (C(OH)–C–C–N with tert-alkyl or cyclic N) is 1. The number of para-hydroxylation sites is 1. The summed E-state index contributed by atoms with van der Waals surface area (Å²) >= 11 is 0. The number of amides is 1. The molecule has 2 unspecified atom stereocenters. The van der Waals surface area contributed by atoms with Crippen molar-refractivity contribution in [2.45, 2.75) is 37.5 Å². The van der Waals surface area contributed by atoms with E-state index in [9.17, 15) is 23.1 Å². The van der Waals surface area contributed by atoms with Crippen LogP contribution in [0.5, 0.6) is 0 Å². The minimum absolute atomic E-state index is 0.0787. The molecule has 1 fully saturated rings. The minimum atomic E-state index is -4.62. The lowest BCUT2D eigenvalue weighted by Crippen LogP contribution is -2.40. The Balaban J connectivity index is 1.68. The molecule has 24 heavy (non-hydrogen) atoms. The molecular weight excluding hydrogens is 321 g/mol. The normalized spacial score (nSPS) is 22.2. The van der Waals surface area contributed by atoms with Crippen LogP contribution in [0, 0.1) is 0 Å². The number of halogens is 3. The number of likely N-dealkylation sites (tertiary alicyclic amines) is 1. The highest BCUT2D eigenvalue weighted by Gasteiger charge is 2.41. The van der Waals surface area contributed by atoms with Gasteiger partial charge in [0, 0.05) is 37.7 Å². The minimum Gasteiger partial charge on any atom is -0.382 e. The largest absolute Gasteiger partial charge is 0.416 e. The zero-order valence-electron chi connectivity index (χ0n) is 13.3. The molecule has 132 valence electrons. The molecule has 1 aromatic rings.